The molecule has 0 heterocycles. The number of rotatable bonds is 7. The summed E-state index contributed by atoms with van der Waals surface area (Å²) in [4.78, 5) is 0. The van der Waals surface area contributed by atoms with Crippen molar-refractivity contribution in [2.75, 3.05) is 6.61 Å². The Labute approximate surface area is 99.7 Å². The number of hydrogen-bond acceptors (Lipinski definition) is 2. The highest BCUT2D eigenvalue weighted by Gasteiger charge is 2.10. The standard InChI is InChI=1S/C14H26O2/c1-11(2)6-5-7-12(3)10-14(16)13(4)8-9-15/h6,10,13-16H,5,7-9H2,1-4H3/b12-10+/t13-,14+/m0/s1. The van der Waals surface area contributed by atoms with Crippen molar-refractivity contribution >= 4 is 0 Å². The van der Waals surface area contributed by atoms with Crippen LogP contribution in [0.4, 0.5) is 0 Å². The summed E-state index contributed by atoms with van der Waals surface area (Å²) in [5.41, 5.74) is 2.55. The molecule has 0 bridgehead atoms. The van der Waals surface area contributed by atoms with Gasteiger partial charge in [0.05, 0.1) is 6.10 Å². The first-order valence-corrected chi connectivity index (χ1v) is 6.07. The molecule has 0 aliphatic rings. The Balaban J connectivity index is 4.05. The van der Waals surface area contributed by atoms with Gasteiger partial charge in [-0.2, -0.15) is 0 Å². The Morgan fingerprint density at radius 3 is 2.38 bits per heavy atom. The van der Waals surface area contributed by atoms with Gasteiger partial charge < -0.3 is 10.2 Å². The molecule has 0 aromatic rings. The number of aliphatic hydroxyl groups excluding tert-OH is 2. The van der Waals surface area contributed by atoms with Crippen molar-refractivity contribution in [1.82, 2.24) is 0 Å². The van der Waals surface area contributed by atoms with E-state index in [1.165, 1.54) is 11.1 Å². The van der Waals surface area contributed by atoms with Crippen LogP contribution in [0.25, 0.3) is 0 Å². The monoisotopic (exact) mass is 226 g/mol. The van der Waals surface area contributed by atoms with E-state index in [0.29, 0.717) is 6.42 Å². The second-order valence-corrected chi connectivity index (χ2v) is 4.81. The van der Waals surface area contributed by atoms with Gasteiger partial charge in [0, 0.05) is 6.61 Å². The molecule has 0 aliphatic carbocycles. The molecule has 0 aromatic carbocycles. The number of aliphatic hydroxyl groups is 2. The Bertz CT molecular complexity index is 237. The molecule has 2 heteroatoms. The lowest BCUT2D eigenvalue weighted by Gasteiger charge is -2.15. The van der Waals surface area contributed by atoms with Crippen LogP contribution < -0.4 is 0 Å². The lowest BCUT2D eigenvalue weighted by atomic mass is 9.98. The molecule has 0 radical (unpaired) electrons. The second-order valence-electron chi connectivity index (χ2n) is 4.81. The summed E-state index contributed by atoms with van der Waals surface area (Å²) in [6, 6.07) is 0. The van der Waals surface area contributed by atoms with Crippen molar-refractivity contribution in [3.63, 3.8) is 0 Å². The number of hydrogen-bond donors (Lipinski definition) is 2. The average molecular weight is 226 g/mol. The van der Waals surface area contributed by atoms with E-state index in [-0.39, 0.29) is 12.5 Å². The first-order chi connectivity index (χ1) is 7.47. The summed E-state index contributed by atoms with van der Waals surface area (Å²) >= 11 is 0. The summed E-state index contributed by atoms with van der Waals surface area (Å²) in [6.45, 7) is 8.34. The minimum atomic E-state index is -0.432. The Hall–Kier alpha value is -0.600. The van der Waals surface area contributed by atoms with E-state index < -0.39 is 6.10 Å². The van der Waals surface area contributed by atoms with Crippen LogP contribution in [-0.4, -0.2) is 22.9 Å². The van der Waals surface area contributed by atoms with Gasteiger partial charge in [-0.3, -0.25) is 0 Å². The van der Waals surface area contributed by atoms with Crippen LogP contribution in [-0.2, 0) is 0 Å². The molecule has 0 aromatic heterocycles. The van der Waals surface area contributed by atoms with Crippen molar-refractivity contribution in [2.45, 2.75) is 53.1 Å². The van der Waals surface area contributed by atoms with Gasteiger partial charge in [-0.15, -0.1) is 0 Å². The Morgan fingerprint density at radius 2 is 1.88 bits per heavy atom. The van der Waals surface area contributed by atoms with E-state index in [9.17, 15) is 5.11 Å². The third-order valence-electron chi connectivity index (χ3n) is 2.71. The van der Waals surface area contributed by atoms with Crippen LogP contribution >= 0.6 is 0 Å². The summed E-state index contributed by atoms with van der Waals surface area (Å²) in [5, 5.41) is 18.6. The zero-order valence-electron chi connectivity index (χ0n) is 11.0. The van der Waals surface area contributed by atoms with Gasteiger partial charge in [-0.05, 0) is 46.0 Å². The molecule has 0 aliphatic heterocycles. The zero-order chi connectivity index (χ0) is 12.6. The molecular weight excluding hydrogens is 200 g/mol. The zero-order valence-corrected chi connectivity index (χ0v) is 11.0. The smallest absolute Gasteiger partial charge is 0.0749 e. The maximum Gasteiger partial charge on any atom is 0.0749 e. The third kappa shape index (κ3) is 7.66. The summed E-state index contributed by atoms with van der Waals surface area (Å²) in [5.74, 6) is 0.128. The fraction of sp³-hybridized carbons (Fsp3) is 0.714. The molecule has 2 nitrogen and oxygen atoms in total. The minimum absolute atomic E-state index is 0.128. The Morgan fingerprint density at radius 1 is 1.25 bits per heavy atom. The molecule has 0 amide bonds. The average Bonchev–Trinajstić information content (AvgIpc) is 2.17. The van der Waals surface area contributed by atoms with Crippen molar-refractivity contribution in [3.8, 4) is 0 Å². The molecule has 0 rings (SSSR count). The van der Waals surface area contributed by atoms with E-state index in [2.05, 4.69) is 19.9 Å². The van der Waals surface area contributed by atoms with Crippen molar-refractivity contribution in [2.24, 2.45) is 5.92 Å². The topological polar surface area (TPSA) is 40.5 Å². The minimum Gasteiger partial charge on any atom is -0.396 e. The lowest BCUT2D eigenvalue weighted by molar-refractivity contribution is 0.137. The van der Waals surface area contributed by atoms with Gasteiger partial charge in [-0.1, -0.05) is 30.2 Å². The van der Waals surface area contributed by atoms with Crippen LogP contribution in [0.3, 0.4) is 0 Å². The van der Waals surface area contributed by atoms with E-state index in [4.69, 9.17) is 5.11 Å². The Kier molecular flexibility index (Phi) is 8.22. The highest BCUT2D eigenvalue weighted by atomic mass is 16.3. The van der Waals surface area contributed by atoms with Gasteiger partial charge in [0.2, 0.25) is 0 Å². The first kappa shape index (κ1) is 15.4. The molecule has 94 valence electrons. The van der Waals surface area contributed by atoms with Gasteiger partial charge >= 0.3 is 0 Å². The molecular formula is C14H26O2. The van der Waals surface area contributed by atoms with Crippen LogP contribution in [0.5, 0.6) is 0 Å². The summed E-state index contributed by atoms with van der Waals surface area (Å²) < 4.78 is 0. The molecule has 2 atom stereocenters. The summed E-state index contributed by atoms with van der Waals surface area (Å²) in [7, 11) is 0. The van der Waals surface area contributed by atoms with Crippen molar-refractivity contribution in [1.29, 1.82) is 0 Å². The quantitative estimate of drug-likeness (QED) is 0.655. The normalized spacial score (nSPS) is 15.8. The molecule has 2 N–H and O–H groups in total. The predicted octanol–water partition coefficient (Wildman–Crippen LogP) is 3.06. The van der Waals surface area contributed by atoms with Gasteiger partial charge in [-0.25, -0.2) is 0 Å². The molecule has 0 saturated carbocycles. The molecule has 16 heavy (non-hydrogen) atoms. The van der Waals surface area contributed by atoms with Crippen molar-refractivity contribution < 1.29 is 10.2 Å². The SMILES string of the molecule is CC(C)=CCC/C(C)=C/[C@@H](O)[C@@H](C)CCO. The first-order valence-electron chi connectivity index (χ1n) is 6.07. The highest BCUT2D eigenvalue weighted by Crippen LogP contribution is 2.13. The van der Waals surface area contributed by atoms with Crippen LogP contribution in [0.2, 0.25) is 0 Å². The maximum atomic E-state index is 9.82. The van der Waals surface area contributed by atoms with Crippen LogP contribution in [0.1, 0.15) is 47.0 Å². The predicted molar refractivity (Wildman–Crippen MR) is 69.3 cm³/mol. The third-order valence-corrected chi connectivity index (χ3v) is 2.71. The molecule has 0 fully saturated rings. The molecule has 0 saturated heterocycles. The van der Waals surface area contributed by atoms with Crippen LogP contribution in [0.15, 0.2) is 23.3 Å². The van der Waals surface area contributed by atoms with E-state index in [0.717, 1.165) is 12.8 Å². The fourth-order valence-electron chi connectivity index (χ4n) is 1.50. The number of allylic oxidation sites excluding steroid dienone is 3. The summed E-state index contributed by atoms with van der Waals surface area (Å²) in [6.07, 6.45) is 6.37. The van der Waals surface area contributed by atoms with Crippen LogP contribution in [0, 0.1) is 5.92 Å². The van der Waals surface area contributed by atoms with Gasteiger partial charge in [0.1, 0.15) is 0 Å². The highest BCUT2D eigenvalue weighted by molar-refractivity contribution is 5.05. The van der Waals surface area contributed by atoms with Gasteiger partial charge in [0.15, 0.2) is 0 Å². The lowest BCUT2D eigenvalue weighted by Crippen LogP contribution is -2.16. The fourth-order valence-corrected chi connectivity index (χ4v) is 1.50. The van der Waals surface area contributed by atoms with E-state index >= 15 is 0 Å². The van der Waals surface area contributed by atoms with E-state index in [1.807, 2.05) is 19.9 Å². The van der Waals surface area contributed by atoms with Gasteiger partial charge in [0.25, 0.3) is 0 Å². The maximum absolute atomic E-state index is 9.82. The molecule has 0 spiro atoms. The van der Waals surface area contributed by atoms with Crippen molar-refractivity contribution in [3.05, 3.63) is 23.3 Å². The second kappa shape index (κ2) is 8.54. The molecule has 0 unspecified atom stereocenters. The largest absolute Gasteiger partial charge is 0.396 e. The van der Waals surface area contributed by atoms with E-state index in [1.54, 1.807) is 0 Å².